The van der Waals surface area contributed by atoms with Crippen molar-refractivity contribution in [2.24, 2.45) is 0 Å². The number of hydrogen-bond acceptors (Lipinski definition) is 7. The highest BCUT2D eigenvalue weighted by atomic mass is 32.1. The van der Waals surface area contributed by atoms with E-state index in [1.54, 1.807) is 17.4 Å². The minimum Gasteiger partial charge on any atom is -0.360 e. The van der Waals surface area contributed by atoms with Crippen LogP contribution in [0.4, 0.5) is 10.9 Å². The molecule has 8 heteroatoms. The SMILES string of the molecule is CCCCC(C(=O)Nc1cc(C)on1)N1CCN(c2nccs2)CC1. The molecule has 3 heterocycles. The molecular weight excluding hydrogens is 338 g/mol. The summed E-state index contributed by atoms with van der Waals surface area (Å²) in [5, 5.41) is 9.83. The quantitative estimate of drug-likeness (QED) is 0.815. The number of aryl methyl sites for hydroxylation is 1. The van der Waals surface area contributed by atoms with E-state index >= 15 is 0 Å². The van der Waals surface area contributed by atoms with Gasteiger partial charge in [0, 0.05) is 43.8 Å². The second-order valence-corrected chi connectivity index (χ2v) is 7.18. The third kappa shape index (κ3) is 4.58. The van der Waals surface area contributed by atoms with E-state index in [1.807, 2.05) is 18.5 Å². The normalized spacial score (nSPS) is 16.8. The van der Waals surface area contributed by atoms with Crippen molar-refractivity contribution >= 4 is 28.2 Å². The van der Waals surface area contributed by atoms with Crippen molar-refractivity contribution in [2.75, 3.05) is 36.4 Å². The molecule has 1 N–H and O–H groups in total. The van der Waals surface area contributed by atoms with Crippen LogP contribution in [0, 0.1) is 6.92 Å². The first-order valence-corrected chi connectivity index (χ1v) is 9.68. The molecular formula is C17H25N5O2S. The van der Waals surface area contributed by atoms with Crippen molar-refractivity contribution in [2.45, 2.75) is 39.2 Å². The fourth-order valence-electron chi connectivity index (χ4n) is 3.11. The molecule has 25 heavy (non-hydrogen) atoms. The molecule has 2 aromatic heterocycles. The summed E-state index contributed by atoms with van der Waals surface area (Å²) >= 11 is 1.66. The molecule has 1 aliphatic heterocycles. The van der Waals surface area contributed by atoms with E-state index in [4.69, 9.17) is 4.52 Å². The van der Waals surface area contributed by atoms with E-state index in [-0.39, 0.29) is 11.9 Å². The van der Waals surface area contributed by atoms with Gasteiger partial charge >= 0.3 is 0 Å². The predicted octanol–water partition coefficient (Wildman–Crippen LogP) is 2.76. The van der Waals surface area contributed by atoms with E-state index in [0.717, 1.165) is 50.6 Å². The number of thiazole rings is 1. The Morgan fingerprint density at radius 3 is 2.80 bits per heavy atom. The van der Waals surface area contributed by atoms with Crippen molar-refractivity contribution in [3.8, 4) is 0 Å². The highest BCUT2D eigenvalue weighted by molar-refractivity contribution is 7.13. The summed E-state index contributed by atoms with van der Waals surface area (Å²) in [7, 11) is 0. The van der Waals surface area contributed by atoms with Gasteiger partial charge in [0.05, 0.1) is 6.04 Å². The molecule has 0 aliphatic carbocycles. The van der Waals surface area contributed by atoms with E-state index in [2.05, 4.69) is 32.2 Å². The molecule has 1 amide bonds. The Morgan fingerprint density at radius 1 is 1.40 bits per heavy atom. The number of aromatic nitrogens is 2. The number of rotatable bonds is 7. The lowest BCUT2D eigenvalue weighted by atomic mass is 10.1. The average Bonchev–Trinajstić information content (AvgIpc) is 3.28. The van der Waals surface area contributed by atoms with Crippen LogP contribution in [0.5, 0.6) is 0 Å². The topological polar surface area (TPSA) is 74.5 Å². The van der Waals surface area contributed by atoms with Crippen LogP contribution < -0.4 is 10.2 Å². The van der Waals surface area contributed by atoms with E-state index in [9.17, 15) is 4.79 Å². The number of hydrogen-bond donors (Lipinski definition) is 1. The Balaban J connectivity index is 1.61. The molecule has 1 atom stereocenters. The van der Waals surface area contributed by atoms with Crippen molar-refractivity contribution < 1.29 is 9.32 Å². The van der Waals surface area contributed by atoms with Crippen LogP contribution >= 0.6 is 11.3 Å². The van der Waals surface area contributed by atoms with Gasteiger partial charge in [-0.1, -0.05) is 24.9 Å². The van der Waals surface area contributed by atoms with Gasteiger partial charge in [-0.3, -0.25) is 9.69 Å². The minimum atomic E-state index is -0.129. The fraction of sp³-hybridized carbons (Fsp3) is 0.588. The molecule has 0 radical (unpaired) electrons. The molecule has 2 aromatic rings. The molecule has 0 saturated carbocycles. The monoisotopic (exact) mass is 363 g/mol. The molecule has 0 spiro atoms. The molecule has 1 unspecified atom stereocenters. The van der Waals surface area contributed by atoms with Crippen LogP contribution in [0.25, 0.3) is 0 Å². The Morgan fingerprint density at radius 2 is 2.20 bits per heavy atom. The number of amides is 1. The third-order valence-corrected chi connectivity index (χ3v) is 5.29. The molecule has 7 nitrogen and oxygen atoms in total. The highest BCUT2D eigenvalue weighted by Gasteiger charge is 2.29. The fourth-order valence-corrected chi connectivity index (χ4v) is 3.81. The van der Waals surface area contributed by atoms with Gasteiger partial charge in [0.15, 0.2) is 10.9 Å². The first-order chi connectivity index (χ1) is 12.2. The standard InChI is InChI=1S/C17H25N5O2S/c1-3-4-5-14(16(23)19-15-12-13(2)24-20-15)21-7-9-22(10-8-21)17-18-6-11-25-17/h6,11-12,14H,3-5,7-10H2,1-2H3,(H,19,20,23). The lowest BCUT2D eigenvalue weighted by molar-refractivity contribution is -0.121. The van der Waals surface area contributed by atoms with Gasteiger partial charge in [0.1, 0.15) is 5.76 Å². The Labute approximate surface area is 152 Å². The third-order valence-electron chi connectivity index (χ3n) is 4.46. The average molecular weight is 363 g/mol. The summed E-state index contributed by atoms with van der Waals surface area (Å²) in [5.41, 5.74) is 0. The van der Waals surface area contributed by atoms with Crippen LogP contribution in [0.1, 0.15) is 31.9 Å². The maximum absolute atomic E-state index is 12.8. The summed E-state index contributed by atoms with van der Waals surface area (Å²) in [4.78, 5) is 21.7. The number of nitrogens with zero attached hydrogens (tertiary/aromatic N) is 4. The van der Waals surface area contributed by atoms with Gasteiger partial charge in [-0.25, -0.2) is 4.98 Å². The van der Waals surface area contributed by atoms with E-state index in [0.29, 0.717) is 11.6 Å². The first kappa shape index (κ1) is 17.9. The number of anilines is 2. The summed E-state index contributed by atoms with van der Waals surface area (Å²) < 4.78 is 5.04. The van der Waals surface area contributed by atoms with Crippen LogP contribution in [0.2, 0.25) is 0 Å². The molecule has 136 valence electrons. The molecule has 1 fully saturated rings. The van der Waals surface area contributed by atoms with Gasteiger partial charge in [-0.15, -0.1) is 11.3 Å². The second-order valence-electron chi connectivity index (χ2n) is 6.31. The van der Waals surface area contributed by atoms with Crippen molar-refractivity contribution in [1.29, 1.82) is 0 Å². The zero-order valence-electron chi connectivity index (χ0n) is 14.8. The lowest BCUT2D eigenvalue weighted by Crippen LogP contribution is -2.54. The minimum absolute atomic E-state index is 0.00412. The smallest absolute Gasteiger partial charge is 0.242 e. The van der Waals surface area contributed by atoms with Crippen LogP contribution in [-0.2, 0) is 4.79 Å². The summed E-state index contributed by atoms with van der Waals surface area (Å²) in [5.74, 6) is 1.19. The van der Waals surface area contributed by atoms with E-state index in [1.165, 1.54) is 0 Å². The summed E-state index contributed by atoms with van der Waals surface area (Å²) in [6.07, 6.45) is 4.80. The zero-order valence-corrected chi connectivity index (χ0v) is 15.6. The van der Waals surface area contributed by atoms with Gasteiger partial charge in [-0.2, -0.15) is 0 Å². The molecule has 1 aliphatic rings. The number of unbranched alkanes of at least 4 members (excludes halogenated alkanes) is 1. The number of carbonyl (C=O) groups excluding carboxylic acids is 1. The van der Waals surface area contributed by atoms with E-state index < -0.39 is 0 Å². The lowest BCUT2D eigenvalue weighted by Gasteiger charge is -2.38. The van der Waals surface area contributed by atoms with Crippen LogP contribution in [0.15, 0.2) is 22.2 Å². The first-order valence-electron chi connectivity index (χ1n) is 8.80. The number of carbonyl (C=O) groups is 1. The zero-order chi connectivity index (χ0) is 17.6. The van der Waals surface area contributed by atoms with Crippen molar-refractivity contribution in [3.63, 3.8) is 0 Å². The van der Waals surface area contributed by atoms with Gasteiger partial charge in [0.2, 0.25) is 5.91 Å². The van der Waals surface area contributed by atoms with Crippen molar-refractivity contribution in [1.82, 2.24) is 15.0 Å². The molecule has 0 bridgehead atoms. The van der Waals surface area contributed by atoms with Crippen molar-refractivity contribution in [3.05, 3.63) is 23.4 Å². The van der Waals surface area contributed by atoms with Crippen LogP contribution in [-0.4, -0.2) is 53.2 Å². The summed E-state index contributed by atoms with van der Waals surface area (Å²) in [6.45, 7) is 7.48. The number of nitrogens with one attached hydrogen (secondary N) is 1. The van der Waals surface area contributed by atoms with Gasteiger partial charge in [0.25, 0.3) is 0 Å². The Kier molecular flexibility index (Phi) is 6.04. The van der Waals surface area contributed by atoms with Gasteiger partial charge in [-0.05, 0) is 13.3 Å². The number of piperazine rings is 1. The van der Waals surface area contributed by atoms with Crippen LogP contribution in [0.3, 0.4) is 0 Å². The predicted molar refractivity (Wildman–Crippen MR) is 99.1 cm³/mol. The Hall–Kier alpha value is -1.93. The maximum atomic E-state index is 12.8. The largest absolute Gasteiger partial charge is 0.360 e. The van der Waals surface area contributed by atoms with Gasteiger partial charge < -0.3 is 14.7 Å². The highest BCUT2D eigenvalue weighted by Crippen LogP contribution is 2.21. The maximum Gasteiger partial charge on any atom is 0.242 e. The molecule has 0 aromatic carbocycles. The molecule has 1 saturated heterocycles. The molecule has 3 rings (SSSR count). The summed E-state index contributed by atoms with van der Waals surface area (Å²) in [6, 6.07) is 1.62. The second kappa shape index (κ2) is 8.44. The Bertz CT molecular complexity index is 664.